The second-order valence-corrected chi connectivity index (χ2v) is 12.3. The van der Waals surface area contributed by atoms with E-state index in [1.807, 2.05) is 0 Å². The van der Waals surface area contributed by atoms with E-state index in [0.29, 0.717) is 0 Å². The van der Waals surface area contributed by atoms with Gasteiger partial charge >= 0.3 is 0 Å². The molecular formula is C13H23NSi2. The fourth-order valence-electron chi connectivity index (χ4n) is 1.73. The van der Waals surface area contributed by atoms with Gasteiger partial charge in [-0.1, -0.05) is 60.9 Å². The molecule has 0 aliphatic heterocycles. The molecule has 3 heteroatoms. The molecule has 16 heavy (non-hydrogen) atoms. The molecule has 88 valence electrons. The van der Waals surface area contributed by atoms with Crippen molar-refractivity contribution in [1.29, 1.82) is 0 Å². The normalized spacial score (nSPS) is 13.4. The summed E-state index contributed by atoms with van der Waals surface area (Å²) < 4.78 is 0. The molecule has 1 unspecified atom stereocenters. The topological polar surface area (TPSA) is 12.0 Å². The Morgan fingerprint density at radius 1 is 1.31 bits per heavy atom. The lowest BCUT2D eigenvalue weighted by Crippen LogP contribution is -2.44. The van der Waals surface area contributed by atoms with Crippen molar-refractivity contribution in [2.45, 2.75) is 25.7 Å². The molecular weight excluding hydrogens is 226 g/mol. The highest BCUT2D eigenvalue weighted by Gasteiger charge is 2.22. The number of benzene rings is 1. The maximum atomic E-state index is 3.84. The Morgan fingerprint density at radius 2 is 1.94 bits per heavy atom. The van der Waals surface area contributed by atoms with E-state index in [1.165, 1.54) is 6.04 Å². The predicted molar refractivity (Wildman–Crippen MR) is 79.6 cm³/mol. The Hall–Kier alpha value is -0.646. The van der Waals surface area contributed by atoms with Crippen molar-refractivity contribution in [3.63, 3.8) is 0 Å². The summed E-state index contributed by atoms with van der Waals surface area (Å²) in [5, 5.41) is 1.56. The Balaban J connectivity index is 2.49. The third kappa shape index (κ3) is 4.08. The maximum absolute atomic E-state index is 3.84. The van der Waals surface area contributed by atoms with E-state index < -0.39 is 17.0 Å². The average Bonchev–Trinajstić information content (AvgIpc) is 2.30. The molecule has 0 spiro atoms. The third-order valence-electron chi connectivity index (χ3n) is 3.13. The van der Waals surface area contributed by atoms with Crippen LogP contribution in [-0.4, -0.2) is 23.6 Å². The van der Waals surface area contributed by atoms with Crippen LogP contribution in [0, 0.1) is 0 Å². The summed E-state index contributed by atoms with van der Waals surface area (Å²) in [6.07, 6.45) is 0. The molecule has 0 heterocycles. The van der Waals surface area contributed by atoms with Gasteiger partial charge in [0.15, 0.2) is 0 Å². The largest absolute Gasteiger partial charge is 0.337 e. The van der Waals surface area contributed by atoms with E-state index in [0.717, 1.165) is 6.54 Å². The predicted octanol–water partition coefficient (Wildman–Crippen LogP) is 2.27. The van der Waals surface area contributed by atoms with Crippen LogP contribution in [0.1, 0.15) is 0 Å². The fraction of sp³-hybridized carbons (Fsp3) is 0.385. The highest BCUT2D eigenvalue weighted by atomic mass is 28.3. The molecule has 1 nitrogen and oxygen atoms in total. The minimum atomic E-state index is -1.23. The van der Waals surface area contributed by atoms with Gasteiger partial charge in [0.2, 0.25) is 0 Å². The second kappa shape index (κ2) is 6.18. The molecule has 0 saturated heterocycles. The van der Waals surface area contributed by atoms with Gasteiger partial charge < -0.3 is 4.98 Å². The molecule has 0 aromatic heterocycles. The number of nitrogens with one attached hydrogen (secondary N) is 1. The second-order valence-electron chi connectivity index (χ2n) is 4.98. The quantitative estimate of drug-likeness (QED) is 0.763. The van der Waals surface area contributed by atoms with Crippen molar-refractivity contribution in [3.8, 4) is 0 Å². The van der Waals surface area contributed by atoms with E-state index in [1.54, 1.807) is 5.19 Å². The van der Waals surface area contributed by atoms with E-state index in [9.17, 15) is 0 Å². The van der Waals surface area contributed by atoms with Gasteiger partial charge in [0, 0.05) is 0 Å². The van der Waals surface area contributed by atoms with E-state index >= 15 is 0 Å². The van der Waals surface area contributed by atoms with Crippen molar-refractivity contribution in [1.82, 2.24) is 4.98 Å². The van der Waals surface area contributed by atoms with Crippen LogP contribution >= 0.6 is 0 Å². The molecule has 1 atom stereocenters. The SMILES string of the molecule is C=C[SiH](C)NCC[Si](C)(C)c1ccccc1. The van der Waals surface area contributed by atoms with Crippen molar-refractivity contribution in [2.75, 3.05) is 6.54 Å². The van der Waals surface area contributed by atoms with Crippen molar-refractivity contribution in [2.24, 2.45) is 0 Å². The zero-order valence-corrected chi connectivity index (χ0v) is 12.8. The number of rotatable bonds is 6. The molecule has 0 amide bonds. The van der Waals surface area contributed by atoms with Crippen molar-refractivity contribution >= 4 is 22.2 Å². The summed E-state index contributed by atoms with van der Waals surface area (Å²) in [5.74, 6) is 0. The van der Waals surface area contributed by atoms with Gasteiger partial charge in [-0.05, 0) is 12.6 Å². The summed E-state index contributed by atoms with van der Waals surface area (Å²) in [6.45, 7) is 12.2. The Labute approximate surface area is 102 Å². The first-order valence-electron chi connectivity index (χ1n) is 5.98. The highest BCUT2D eigenvalue weighted by molar-refractivity contribution is 6.89. The molecule has 0 bridgehead atoms. The first kappa shape index (κ1) is 13.4. The standard InChI is InChI=1S/C13H23NSi2/c1-5-15(2)14-11-12-16(3,4)13-9-7-6-8-10-13/h5-10,14-15H,1,11-12H2,2-4H3. The molecule has 1 N–H and O–H groups in total. The van der Waals surface area contributed by atoms with Gasteiger partial charge in [-0.25, -0.2) is 0 Å². The van der Waals surface area contributed by atoms with Gasteiger partial charge in [0.25, 0.3) is 0 Å². The van der Waals surface area contributed by atoms with E-state index in [4.69, 9.17) is 0 Å². The maximum Gasteiger partial charge on any atom is 0.129 e. The summed E-state index contributed by atoms with van der Waals surface area (Å²) in [4.78, 5) is 3.61. The van der Waals surface area contributed by atoms with Crippen molar-refractivity contribution < 1.29 is 0 Å². The minimum Gasteiger partial charge on any atom is -0.337 e. The van der Waals surface area contributed by atoms with Crippen LogP contribution in [0.5, 0.6) is 0 Å². The van der Waals surface area contributed by atoms with Gasteiger partial charge in [-0.2, -0.15) is 0 Å². The van der Waals surface area contributed by atoms with Crippen LogP contribution in [0.2, 0.25) is 25.7 Å². The van der Waals surface area contributed by atoms with E-state index in [-0.39, 0.29) is 0 Å². The van der Waals surface area contributed by atoms with Crippen LogP contribution in [0.25, 0.3) is 0 Å². The molecule has 1 rings (SSSR count). The summed E-state index contributed by atoms with van der Waals surface area (Å²) in [5.41, 5.74) is 2.09. The fourth-order valence-corrected chi connectivity index (χ4v) is 4.94. The molecule has 1 aromatic carbocycles. The van der Waals surface area contributed by atoms with Crippen molar-refractivity contribution in [3.05, 3.63) is 42.6 Å². The lowest BCUT2D eigenvalue weighted by molar-refractivity contribution is 0.974. The van der Waals surface area contributed by atoms with Crippen LogP contribution in [0.4, 0.5) is 0 Å². The van der Waals surface area contributed by atoms with Gasteiger partial charge in [0.05, 0.1) is 8.07 Å². The van der Waals surface area contributed by atoms with Gasteiger partial charge in [-0.15, -0.1) is 6.58 Å². The average molecular weight is 250 g/mol. The van der Waals surface area contributed by atoms with E-state index in [2.05, 4.69) is 67.2 Å². The molecule has 1 aromatic rings. The van der Waals surface area contributed by atoms with Gasteiger partial charge in [0.1, 0.15) is 8.96 Å². The van der Waals surface area contributed by atoms with Crippen LogP contribution in [0.3, 0.4) is 0 Å². The number of hydrogen-bond donors (Lipinski definition) is 1. The Bertz CT molecular complexity index is 322. The Kier molecular flexibility index (Phi) is 5.18. The summed E-state index contributed by atoms with van der Waals surface area (Å²) in [6, 6.07) is 12.3. The molecule has 0 radical (unpaired) electrons. The minimum absolute atomic E-state index is 0.829. The zero-order chi connectivity index (χ0) is 12.0. The molecule has 0 aliphatic rings. The molecule has 0 saturated carbocycles. The molecule has 0 aliphatic carbocycles. The van der Waals surface area contributed by atoms with Crippen LogP contribution in [-0.2, 0) is 0 Å². The number of hydrogen-bond acceptors (Lipinski definition) is 1. The lowest BCUT2D eigenvalue weighted by atomic mass is 10.4. The zero-order valence-electron chi connectivity index (χ0n) is 10.7. The molecule has 0 fully saturated rings. The smallest absolute Gasteiger partial charge is 0.129 e. The first-order valence-corrected chi connectivity index (χ1v) is 11.6. The van der Waals surface area contributed by atoms with Crippen LogP contribution < -0.4 is 10.2 Å². The lowest BCUT2D eigenvalue weighted by Gasteiger charge is -2.23. The first-order chi connectivity index (χ1) is 7.56. The monoisotopic (exact) mass is 249 g/mol. The summed E-state index contributed by atoms with van der Waals surface area (Å²) in [7, 11) is -2.06. The summed E-state index contributed by atoms with van der Waals surface area (Å²) >= 11 is 0. The third-order valence-corrected chi connectivity index (χ3v) is 8.16. The highest BCUT2D eigenvalue weighted by Crippen LogP contribution is 2.08. The van der Waals surface area contributed by atoms with Crippen LogP contribution in [0.15, 0.2) is 42.6 Å². The Morgan fingerprint density at radius 3 is 2.50 bits per heavy atom. The van der Waals surface area contributed by atoms with Gasteiger partial charge in [-0.3, -0.25) is 0 Å².